The summed E-state index contributed by atoms with van der Waals surface area (Å²) in [5.41, 5.74) is 0.469. The van der Waals surface area contributed by atoms with Crippen molar-refractivity contribution in [3.05, 3.63) is 60.2 Å². The zero-order chi connectivity index (χ0) is 15.8. The second kappa shape index (κ2) is 8.49. The van der Waals surface area contributed by atoms with Gasteiger partial charge in [0.1, 0.15) is 17.3 Å². The first-order chi connectivity index (χ1) is 10.7. The molecule has 2 aromatic carbocycles. The molecule has 4 heteroatoms. The van der Waals surface area contributed by atoms with Gasteiger partial charge in [-0.1, -0.05) is 55.9 Å². The van der Waals surface area contributed by atoms with Crippen LogP contribution in [-0.2, 0) is 4.74 Å². The van der Waals surface area contributed by atoms with Crippen LogP contribution in [0.15, 0.2) is 59.5 Å². The number of esters is 1. The van der Waals surface area contributed by atoms with E-state index in [4.69, 9.17) is 9.47 Å². The van der Waals surface area contributed by atoms with Crippen molar-refractivity contribution in [1.29, 1.82) is 0 Å². The van der Waals surface area contributed by atoms with Crippen LogP contribution in [0.1, 0.15) is 24.2 Å². The summed E-state index contributed by atoms with van der Waals surface area (Å²) in [5, 5.41) is 0. The van der Waals surface area contributed by atoms with Crippen LogP contribution in [0.3, 0.4) is 0 Å². The van der Waals surface area contributed by atoms with E-state index in [9.17, 15) is 4.79 Å². The number of hydrogen-bond donors (Lipinski definition) is 0. The Labute approximate surface area is 135 Å². The lowest BCUT2D eigenvalue weighted by Crippen LogP contribution is -2.11. The molecule has 0 aliphatic carbocycles. The van der Waals surface area contributed by atoms with E-state index < -0.39 is 0 Å². The molecule has 3 nitrogen and oxygen atoms in total. The standard InChI is InChI=1S/C18H20O3S/c1-14(2)12-20-18(19)16-10-6-7-11-17(16)21-13-22-15-8-4-3-5-9-15/h3-11,14H,12-13H2,1-2H3. The summed E-state index contributed by atoms with van der Waals surface area (Å²) in [4.78, 5) is 13.2. The highest BCUT2D eigenvalue weighted by Gasteiger charge is 2.14. The second-order valence-corrected chi connectivity index (χ2v) is 6.20. The molecular weight excluding hydrogens is 296 g/mol. The number of rotatable bonds is 7. The number of carbonyl (C=O) groups is 1. The molecule has 2 aromatic rings. The van der Waals surface area contributed by atoms with Gasteiger partial charge in [-0.05, 0) is 30.2 Å². The highest BCUT2D eigenvalue weighted by molar-refractivity contribution is 7.99. The van der Waals surface area contributed by atoms with Crippen molar-refractivity contribution in [2.75, 3.05) is 12.5 Å². The Morgan fingerprint density at radius 3 is 2.45 bits per heavy atom. The third kappa shape index (κ3) is 5.11. The first-order valence-electron chi connectivity index (χ1n) is 7.23. The summed E-state index contributed by atoms with van der Waals surface area (Å²) in [6.07, 6.45) is 0. The topological polar surface area (TPSA) is 35.5 Å². The van der Waals surface area contributed by atoms with Gasteiger partial charge in [-0.15, -0.1) is 0 Å². The quantitative estimate of drug-likeness (QED) is 0.424. The molecule has 116 valence electrons. The predicted molar refractivity (Wildman–Crippen MR) is 89.4 cm³/mol. The smallest absolute Gasteiger partial charge is 0.341 e. The van der Waals surface area contributed by atoms with Gasteiger partial charge in [-0.25, -0.2) is 4.79 Å². The fourth-order valence-corrected chi connectivity index (χ4v) is 2.43. The van der Waals surface area contributed by atoms with E-state index in [1.165, 1.54) is 0 Å². The maximum atomic E-state index is 12.1. The molecule has 0 atom stereocenters. The van der Waals surface area contributed by atoms with Gasteiger partial charge in [0.05, 0.1) is 6.61 Å². The van der Waals surface area contributed by atoms with Gasteiger partial charge in [-0.2, -0.15) is 0 Å². The van der Waals surface area contributed by atoms with Crippen molar-refractivity contribution in [2.45, 2.75) is 18.7 Å². The summed E-state index contributed by atoms with van der Waals surface area (Å²) in [6.45, 7) is 4.42. The minimum absolute atomic E-state index is 0.311. The van der Waals surface area contributed by atoms with Gasteiger partial charge < -0.3 is 9.47 Å². The largest absolute Gasteiger partial charge is 0.482 e. The van der Waals surface area contributed by atoms with Crippen molar-refractivity contribution in [3.63, 3.8) is 0 Å². The van der Waals surface area contributed by atoms with Crippen molar-refractivity contribution >= 4 is 17.7 Å². The normalized spacial score (nSPS) is 10.5. The third-order valence-corrected chi connectivity index (χ3v) is 3.68. The van der Waals surface area contributed by atoms with Gasteiger partial charge in [0.25, 0.3) is 0 Å². The van der Waals surface area contributed by atoms with E-state index in [-0.39, 0.29) is 5.97 Å². The number of benzene rings is 2. The highest BCUT2D eigenvalue weighted by Crippen LogP contribution is 2.23. The van der Waals surface area contributed by atoms with Crippen LogP contribution < -0.4 is 4.74 Å². The van der Waals surface area contributed by atoms with Crippen molar-refractivity contribution < 1.29 is 14.3 Å². The lowest BCUT2D eigenvalue weighted by Gasteiger charge is -2.12. The number of para-hydroxylation sites is 1. The zero-order valence-corrected chi connectivity index (χ0v) is 13.6. The average Bonchev–Trinajstić information content (AvgIpc) is 2.54. The Morgan fingerprint density at radius 1 is 1.05 bits per heavy atom. The van der Waals surface area contributed by atoms with E-state index >= 15 is 0 Å². The molecule has 0 heterocycles. The van der Waals surface area contributed by atoms with Crippen LogP contribution in [0, 0.1) is 5.92 Å². The number of carbonyl (C=O) groups excluding carboxylic acids is 1. The molecule has 0 aromatic heterocycles. The first kappa shape index (κ1) is 16.4. The number of ether oxygens (including phenoxy) is 2. The Kier molecular flexibility index (Phi) is 6.34. The van der Waals surface area contributed by atoms with Gasteiger partial charge in [0.15, 0.2) is 0 Å². The fourth-order valence-electron chi connectivity index (χ4n) is 1.76. The number of thioether (sulfide) groups is 1. The maximum Gasteiger partial charge on any atom is 0.341 e. The summed E-state index contributed by atoms with van der Waals surface area (Å²) >= 11 is 1.58. The molecule has 0 saturated heterocycles. The van der Waals surface area contributed by atoms with Gasteiger partial charge in [0.2, 0.25) is 0 Å². The van der Waals surface area contributed by atoms with E-state index in [1.54, 1.807) is 23.9 Å². The fraction of sp³-hybridized carbons (Fsp3) is 0.278. The van der Waals surface area contributed by atoms with Crippen molar-refractivity contribution in [2.24, 2.45) is 5.92 Å². The molecule has 2 rings (SSSR count). The molecule has 0 unspecified atom stereocenters. The molecular formula is C18H20O3S. The molecule has 0 amide bonds. The van der Waals surface area contributed by atoms with Crippen LogP contribution in [0.25, 0.3) is 0 Å². The Bertz CT molecular complexity index is 596. The highest BCUT2D eigenvalue weighted by atomic mass is 32.2. The lowest BCUT2D eigenvalue weighted by atomic mass is 10.2. The summed E-state index contributed by atoms with van der Waals surface area (Å²) < 4.78 is 11.0. The molecule has 0 bridgehead atoms. The first-order valence-corrected chi connectivity index (χ1v) is 8.22. The lowest BCUT2D eigenvalue weighted by molar-refractivity contribution is 0.0455. The van der Waals surface area contributed by atoms with E-state index in [0.29, 0.717) is 29.8 Å². The number of hydrogen-bond acceptors (Lipinski definition) is 4. The Morgan fingerprint density at radius 2 is 1.73 bits per heavy atom. The van der Waals surface area contributed by atoms with E-state index in [1.807, 2.05) is 56.3 Å². The second-order valence-electron chi connectivity index (χ2n) is 5.21. The Balaban J connectivity index is 1.94. The molecule has 0 N–H and O–H groups in total. The molecule has 0 radical (unpaired) electrons. The summed E-state index contributed by atoms with van der Waals surface area (Å²) in [6, 6.07) is 17.2. The minimum atomic E-state index is -0.339. The molecule has 0 aliphatic rings. The molecule has 0 spiro atoms. The third-order valence-electron chi connectivity index (χ3n) is 2.84. The van der Waals surface area contributed by atoms with Crippen LogP contribution in [0.4, 0.5) is 0 Å². The maximum absolute atomic E-state index is 12.1. The van der Waals surface area contributed by atoms with Crippen molar-refractivity contribution in [1.82, 2.24) is 0 Å². The molecule has 22 heavy (non-hydrogen) atoms. The van der Waals surface area contributed by atoms with Crippen molar-refractivity contribution in [3.8, 4) is 5.75 Å². The van der Waals surface area contributed by atoms with E-state index in [0.717, 1.165) is 4.90 Å². The Hall–Kier alpha value is -1.94. The summed E-state index contributed by atoms with van der Waals surface area (Å²) in [5.74, 6) is 0.970. The van der Waals surface area contributed by atoms with Crippen LogP contribution in [0.5, 0.6) is 5.75 Å². The minimum Gasteiger partial charge on any atom is -0.482 e. The van der Waals surface area contributed by atoms with Crippen LogP contribution in [-0.4, -0.2) is 18.5 Å². The predicted octanol–water partition coefficient (Wildman–Crippen LogP) is 4.63. The van der Waals surface area contributed by atoms with Gasteiger partial charge in [0, 0.05) is 4.90 Å². The SMILES string of the molecule is CC(C)COC(=O)c1ccccc1OCSc1ccccc1. The van der Waals surface area contributed by atoms with E-state index in [2.05, 4.69) is 0 Å². The van der Waals surface area contributed by atoms with Crippen LogP contribution >= 0.6 is 11.8 Å². The average molecular weight is 316 g/mol. The van der Waals surface area contributed by atoms with Gasteiger partial charge in [-0.3, -0.25) is 0 Å². The molecule has 0 saturated carbocycles. The summed E-state index contributed by atoms with van der Waals surface area (Å²) in [7, 11) is 0. The monoisotopic (exact) mass is 316 g/mol. The molecule has 0 fully saturated rings. The van der Waals surface area contributed by atoms with Crippen LogP contribution in [0.2, 0.25) is 0 Å². The zero-order valence-electron chi connectivity index (χ0n) is 12.8. The molecule has 0 aliphatic heterocycles. The van der Waals surface area contributed by atoms with Gasteiger partial charge >= 0.3 is 5.97 Å².